The van der Waals surface area contributed by atoms with Crippen LogP contribution in [0.25, 0.3) is 11.1 Å². The molecule has 0 N–H and O–H groups in total. The number of nitrogens with zero attached hydrogens (tertiary/aromatic N) is 1. The molecule has 0 unspecified atom stereocenters. The van der Waals surface area contributed by atoms with Gasteiger partial charge in [-0.2, -0.15) is 0 Å². The van der Waals surface area contributed by atoms with E-state index in [2.05, 4.69) is 9.92 Å². The van der Waals surface area contributed by atoms with Gasteiger partial charge in [0.2, 0.25) is 0 Å². The molecule has 54 valence electrons. The predicted molar refractivity (Wildman–Crippen MR) is 45.3 cm³/mol. The average Bonchev–Trinajstić information content (AvgIpc) is 2.46. The summed E-state index contributed by atoms with van der Waals surface area (Å²) in [4.78, 5) is 6.54. The minimum atomic E-state index is -0.492. The zero-order chi connectivity index (χ0) is 7.68. The van der Waals surface area contributed by atoms with E-state index in [9.17, 15) is 0 Å². The van der Waals surface area contributed by atoms with Crippen molar-refractivity contribution in [1.29, 1.82) is 0 Å². The predicted octanol–water partition coefficient (Wildman–Crippen LogP) is 1.21. The summed E-state index contributed by atoms with van der Waals surface area (Å²) < 4.78 is 6.46. The van der Waals surface area contributed by atoms with Gasteiger partial charge in [0, 0.05) is 0 Å². The molecule has 1 aromatic carbocycles. The Balaban J connectivity index is 2.69. The Bertz CT molecular complexity index is 336. The van der Waals surface area contributed by atoms with E-state index in [4.69, 9.17) is 4.42 Å². The van der Waals surface area contributed by atoms with E-state index in [1.165, 1.54) is 0 Å². The first-order chi connectivity index (χ1) is 5.40. The van der Waals surface area contributed by atoms with E-state index in [1.54, 1.807) is 0 Å². The van der Waals surface area contributed by atoms with Crippen molar-refractivity contribution in [3.63, 3.8) is 0 Å². The summed E-state index contributed by atoms with van der Waals surface area (Å²) >= 11 is -0.492. The van der Waals surface area contributed by atoms with Crippen molar-refractivity contribution in [2.75, 3.05) is 0 Å². The van der Waals surface area contributed by atoms with Crippen LogP contribution >= 0.6 is 0 Å². The molecule has 11 heavy (non-hydrogen) atoms. The number of rotatable bonds is 1. The molecule has 0 fully saturated rings. The van der Waals surface area contributed by atoms with E-state index in [0.717, 1.165) is 15.0 Å². The Labute approximate surface area is 74.8 Å². The van der Waals surface area contributed by atoms with Gasteiger partial charge in [0.25, 0.3) is 0 Å². The fourth-order valence-corrected chi connectivity index (χ4v) is 2.25. The standard InChI is InChI=1S/C7H4NO.CH3.Sn/c1-2-4-7-6(3-1)8-5-9-7;;/h1-4H;1H3;. The Morgan fingerprint density at radius 2 is 2.18 bits per heavy atom. The van der Waals surface area contributed by atoms with E-state index < -0.39 is 21.1 Å². The van der Waals surface area contributed by atoms with Gasteiger partial charge in [-0.3, -0.25) is 0 Å². The first-order valence-corrected chi connectivity index (χ1v) is 7.71. The molecule has 2 aromatic rings. The quantitative estimate of drug-likeness (QED) is 0.713. The van der Waals surface area contributed by atoms with Gasteiger partial charge < -0.3 is 0 Å². The summed E-state index contributed by atoms with van der Waals surface area (Å²) in [6.45, 7) is 0. The van der Waals surface area contributed by atoms with Crippen LogP contribution in [0.2, 0.25) is 4.94 Å². The van der Waals surface area contributed by atoms with Gasteiger partial charge in [0.05, 0.1) is 0 Å². The molecular formula is C8H7NOSn. The third-order valence-corrected chi connectivity index (χ3v) is 3.34. The number of fused-ring (bicyclic) bond motifs is 1. The minimum absolute atomic E-state index is 0.492. The summed E-state index contributed by atoms with van der Waals surface area (Å²) in [5.74, 6) is 0. The summed E-state index contributed by atoms with van der Waals surface area (Å²) in [6.07, 6.45) is 0. The van der Waals surface area contributed by atoms with Crippen LogP contribution in [0.4, 0.5) is 0 Å². The summed E-state index contributed by atoms with van der Waals surface area (Å²) in [5, 5.41) is 0. The second kappa shape index (κ2) is 2.85. The summed E-state index contributed by atoms with van der Waals surface area (Å²) in [5.41, 5.74) is 1.91. The van der Waals surface area contributed by atoms with Gasteiger partial charge in [-0.05, 0) is 0 Å². The Morgan fingerprint density at radius 3 is 2.91 bits per heavy atom. The van der Waals surface area contributed by atoms with Crippen molar-refractivity contribution in [3.05, 3.63) is 24.3 Å². The van der Waals surface area contributed by atoms with Crippen LogP contribution < -0.4 is 3.91 Å². The maximum atomic E-state index is 5.48. The molecule has 2 radical (unpaired) electrons. The van der Waals surface area contributed by atoms with Crippen molar-refractivity contribution < 1.29 is 4.42 Å². The Kier molecular flexibility index (Phi) is 1.85. The molecular weight excluding hydrogens is 245 g/mol. The van der Waals surface area contributed by atoms with Crippen LogP contribution in [0.3, 0.4) is 0 Å². The van der Waals surface area contributed by atoms with E-state index in [-0.39, 0.29) is 0 Å². The van der Waals surface area contributed by atoms with Crippen molar-refractivity contribution >= 4 is 36.1 Å². The van der Waals surface area contributed by atoms with Crippen molar-refractivity contribution in [1.82, 2.24) is 4.98 Å². The third-order valence-electron chi connectivity index (χ3n) is 1.51. The zero-order valence-corrected chi connectivity index (χ0v) is 9.02. The van der Waals surface area contributed by atoms with Gasteiger partial charge in [-0.15, -0.1) is 0 Å². The van der Waals surface area contributed by atoms with Crippen LogP contribution in [0.5, 0.6) is 0 Å². The molecule has 0 bridgehead atoms. The molecule has 0 saturated carbocycles. The Hall–Kier alpha value is -0.511. The normalized spacial score (nSPS) is 10.6. The molecule has 0 amide bonds. The van der Waals surface area contributed by atoms with Crippen LogP contribution in [-0.2, 0) is 0 Å². The first-order valence-electron chi connectivity index (χ1n) is 3.43. The van der Waals surface area contributed by atoms with E-state index in [0.29, 0.717) is 0 Å². The van der Waals surface area contributed by atoms with Gasteiger partial charge in [0.1, 0.15) is 0 Å². The molecule has 0 atom stereocenters. The molecule has 0 spiro atoms. The molecule has 0 aliphatic carbocycles. The average molecular weight is 252 g/mol. The number of benzene rings is 1. The molecule has 1 heterocycles. The van der Waals surface area contributed by atoms with Gasteiger partial charge in [-0.1, -0.05) is 0 Å². The van der Waals surface area contributed by atoms with Crippen molar-refractivity contribution in [3.8, 4) is 0 Å². The molecule has 2 rings (SSSR count). The molecule has 3 heteroatoms. The van der Waals surface area contributed by atoms with E-state index >= 15 is 0 Å². The number of hydrogen-bond donors (Lipinski definition) is 0. The summed E-state index contributed by atoms with van der Waals surface area (Å²) in [6, 6.07) is 7.89. The number of aromatic nitrogens is 1. The zero-order valence-electron chi connectivity index (χ0n) is 6.16. The monoisotopic (exact) mass is 253 g/mol. The SMILES string of the molecule is [CH3][Sn][c]1nc2ccccc2o1. The number of para-hydroxylation sites is 2. The van der Waals surface area contributed by atoms with Crippen molar-refractivity contribution in [2.45, 2.75) is 4.94 Å². The molecule has 0 aliphatic rings. The van der Waals surface area contributed by atoms with Crippen LogP contribution in [0.15, 0.2) is 28.7 Å². The number of hydrogen-bond acceptors (Lipinski definition) is 2. The van der Waals surface area contributed by atoms with Gasteiger partial charge >= 0.3 is 74.8 Å². The molecule has 0 saturated heterocycles. The fourth-order valence-electron chi connectivity index (χ4n) is 0.979. The maximum absolute atomic E-state index is 5.48. The first kappa shape index (κ1) is 7.15. The van der Waals surface area contributed by atoms with E-state index in [1.807, 2.05) is 24.3 Å². The van der Waals surface area contributed by atoms with Crippen LogP contribution in [0, 0.1) is 0 Å². The Morgan fingerprint density at radius 1 is 1.36 bits per heavy atom. The summed E-state index contributed by atoms with van der Waals surface area (Å²) in [7, 11) is 0. The molecule has 2 nitrogen and oxygen atoms in total. The van der Waals surface area contributed by atoms with Crippen LogP contribution in [0.1, 0.15) is 0 Å². The third kappa shape index (κ3) is 1.27. The number of oxazole rings is 1. The van der Waals surface area contributed by atoms with Crippen LogP contribution in [-0.4, -0.2) is 26.1 Å². The topological polar surface area (TPSA) is 26.0 Å². The molecule has 0 aliphatic heterocycles. The second-order valence-corrected chi connectivity index (χ2v) is 4.88. The molecule has 1 aromatic heterocycles. The van der Waals surface area contributed by atoms with Crippen molar-refractivity contribution in [2.24, 2.45) is 0 Å². The van der Waals surface area contributed by atoms with Gasteiger partial charge in [-0.25, -0.2) is 0 Å². The van der Waals surface area contributed by atoms with Gasteiger partial charge in [0.15, 0.2) is 0 Å². The fraction of sp³-hybridized carbons (Fsp3) is 0.125. The second-order valence-electron chi connectivity index (χ2n) is 2.24.